The molecule has 2 rings (SSSR count). The Hall–Kier alpha value is -2.22. The first-order chi connectivity index (χ1) is 10.4. The Balaban J connectivity index is 2.10. The van der Waals surface area contributed by atoms with Crippen LogP contribution in [0.4, 0.5) is 4.79 Å². The quantitative estimate of drug-likeness (QED) is 0.815. The van der Waals surface area contributed by atoms with E-state index in [0.29, 0.717) is 11.4 Å². The molecule has 1 saturated heterocycles. The molecule has 1 N–H and O–H groups in total. The van der Waals surface area contributed by atoms with E-state index >= 15 is 0 Å². The summed E-state index contributed by atoms with van der Waals surface area (Å²) in [6, 6.07) is 5.83. The molecule has 1 aromatic carbocycles. The maximum absolute atomic E-state index is 12.2. The van der Waals surface area contributed by atoms with Crippen LogP contribution < -0.4 is 5.32 Å². The summed E-state index contributed by atoms with van der Waals surface area (Å²) in [5.74, 6) is -1.33. The van der Waals surface area contributed by atoms with Crippen molar-refractivity contribution in [1.29, 1.82) is 0 Å². The molecule has 22 heavy (non-hydrogen) atoms. The highest BCUT2D eigenvalue weighted by Crippen LogP contribution is 2.15. The number of amides is 3. The van der Waals surface area contributed by atoms with Gasteiger partial charge in [0.25, 0.3) is 5.91 Å². The van der Waals surface area contributed by atoms with Crippen molar-refractivity contribution in [2.24, 2.45) is 0 Å². The van der Waals surface area contributed by atoms with E-state index in [4.69, 9.17) is 4.74 Å². The number of carbonyl (C=O) groups is 3. The molecule has 1 aliphatic heterocycles. The summed E-state index contributed by atoms with van der Waals surface area (Å²) in [6.45, 7) is 2.02. The van der Waals surface area contributed by atoms with Gasteiger partial charge >= 0.3 is 12.0 Å². The average Bonchev–Trinajstić information content (AvgIpc) is 2.92. The van der Waals surface area contributed by atoms with Crippen LogP contribution in [0.5, 0.6) is 0 Å². The van der Waals surface area contributed by atoms with E-state index < -0.39 is 34.8 Å². The van der Waals surface area contributed by atoms with Crippen LogP contribution in [0, 0.1) is 0 Å². The zero-order chi connectivity index (χ0) is 16.3. The van der Waals surface area contributed by atoms with Crippen LogP contribution in [-0.2, 0) is 20.3 Å². The average molecular weight is 324 g/mol. The van der Waals surface area contributed by atoms with Gasteiger partial charge in [-0.1, -0.05) is 12.1 Å². The Kier molecular flexibility index (Phi) is 4.92. The second kappa shape index (κ2) is 6.69. The number of esters is 1. The predicted molar refractivity (Wildman–Crippen MR) is 78.8 cm³/mol. The fourth-order valence-corrected chi connectivity index (χ4v) is 2.79. The van der Waals surface area contributed by atoms with Gasteiger partial charge in [0.2, 0.25) is 0 Å². The minimum Gasteiger partial charge on any atom is -0.449 e. The van der Waals surface area contributed by atoms with Gasteiger partial charge in [-0.05, 0) is 19.1 Å². The molecule has 0 bridgehead atoms. The molecule has 0 saturated carbocycles. The van der Waals surface area contributed by atoms with E-state index in [1.807, 2.05) is 0 Å². The number of imide groups is 1. The lowest BCUT2D eigenvalue weighted by Crippen LogP contribution is -2.41. The predicted octanol–water partition coefficient (Wildman–Crippen LogP) is 0.521. The Morgan fingerprint density at radius 3 is 2.64 bits per heavy atom. The zero-order valence-electron chi connectivity index (χ0n) is 12.2. The topological polar surface area (TPSA) is 92.8 Å². The van der Waals surface area contributed by atoms with Crippen LogP contribution in [0.15, 0.2) is 29.2 Å². The first kappa shape index (κ1) is 16.2. The molecule has 0 radical (unpaired) electrons. The molecule has 0 aromatic heterocycles. The van der Waals surface area contributed by atoms with Gasteiger partial charge in [-0.3, -0.25) is 13.9 Å². The number of carbonyl (C=O) groups excluding carboxylic acids is 3. The van der Waals surface area contributed by atoms with E-state index in [2.05, 4.69) is 5.32 Å². The zero-order valence-corrected chi connectivity index (χ0v) is 13.0. The molecule has 0 aliphatic carbocycles. The molecule has 1 aromatic rings. The molecule has 0 unspecified atom stereocenters. The molecule has 0 spiro atoms. The van der Waals surface area contributed by atoms with Crippen LogP contribution in [0.1, 0.15) is 17.3 Å². The summed E-state index contributed by atoms with van der Waals surface area (Å²) in [6.07, 6.45) is 0.352. The van der Waals surface area contributed by atoms with Crippen LogP contribution in [0.25, 0.3) is 0 Å². The second-order valence-corrected chi connectivity index (χ2v) is 6.07. The summed E-state index contributed by atoms with van der Waals surface area (Å²) in [5, 5.41) is 2.50. The Morgan fingerprint density at radius 1 is 1.36 bits per heavy atom. The summed E-state index contributed by atoms with van der Waals surface area (Å²) >= 11 is 0. The number of hydrogen-bond acceptors (Lipinski definition) is 5. The van der Waals surface area contributed by atoms with Crippen molar-refractivity contribution in [3.8, 4) is 0 Å². The van der Waals surface area contributed by atoms with E-state index in [0.717, 1.165) is 4.90 Å². The maximum Gasteiger partial charge on any atom is 0.340 e. The highest BCUT2D eigenvalue weighted by atomic mass is 32.2. The minimum absolute atomic E-state index is 0.147. The van der Waals surface area contributed by atoms with Crippen LogP contribution in [0.3, 0.4) is 0 Å². The van der Waals surface area contributed by atoms with Gasteiger partial charge in [0.05, 0.1) is 21.3 Å². The molecule has 118 valence electrons. The number of nitrogens with one attached hydrogen (secondary N) is 1. The van der Waals surface area contributed by atoms with Crippen molar-refractivity contribution < 1.29 is 23.3 Å². The van der Waals surface area contributed by atoms with Crippen molar-refractivity contribution in [3.05, 3.63) is 29.8 Å². The van der Waals surface area contributed by atoms with Gasteiger partial charge in [0.1, 0.15) is 0 Å². The van der Waals surface area contributed by atoms with Gasteiger partial charge < -0.3 is 10.1 Å². The fraction of sp³-hybridized carbons (Fsp3) is 0.357. The third-order valence-corrected chi connectivity index (χ3v) is 4.15. The van der Waals surface area contributed by atoms with E-state index in [1.165, 1.54) is 19.2 Å². The summed E-state index contributed by atoms with van der Waals surface area (Å²) < 4.78 is 16.7. The fourth-order valence-electron chi connectivity index (χ4n) is 2.06. The number of urea groups is 1. The van der Waals surface area contributed by atoms with Crippen LogP contribution in [-0.4, -0.2) is 52.5 Å². The van der Waals surface area contributed by atoms with Crippen molar-refractivity contribution >= 4 is 28.7 Å². The van der Waals surface area contributed by atoms with Crippen LogP contribution in [0.2, 0.25) is 0 Å². The molecule has 1 heterocycles. The number of nitrogens with zero attached hydrogens (tertiary/aromatic N) is 1. The van der Waals surface area contributed by atoms with E-state index in [1.54, 1.807) is 18.2 Å². The SMILES string of the molecule is C[C@@H](OC(=O)c1ccccc1[S@@](C)=O)C(=O)N1CCNC1=O. The molecule has 1 fully saturated rings. The van der Waals surface area contributed by atoms with Crippen molar-refractivity contribution in [2.75, 3.05) is 19.3 Å². The Bertz CT molecular complexity index is 646. The molecule has 3 amide bonds. The number of ether oxygens (including phenoxy) is 1. The molecule has 7 nitrogen and oxygen atoms in total. The number of rotatable bonds is 4. The normalized spacial score (nSPS) is 16.8. The Morgan fingerprint density at radius 2 is 2.05 bits per heavy atom. The van der Waals surface area contributed by atoms with Crippen molar-refractivity contribution in [2.45, 2.75) is 17.9 Å². The third kappa shape index (κ3) is 3.33. The van der Waals surface area contributed by atoms with Gasteiger partial charge in [-0.2, -0.15) is 0 Å². The van der Waals surface area contributed by atoms with E-state index in [-0.39, 0.29) is 12.1 Å². The smallest absolute Gasteiger partial charge is 0.340 e. The van der Waals surface area contributed by atoms with Gasteiger partial charge in [0.15, 0.2) is 6.10 Å². The summed E-state index contributed by atoms with van der Waals surface area (Å²) in [5.41, 5.74) is 0.147. The summed E-state index contributed by atoms with van der Waals surface area (Å²) in [4.78, 5) is 37.0. The first-order valence-electron chi connectivity index (χ1n) is 6.64. The summed E-state index contributed by atoms with van der Waals surface area (Å²) in [7, 11) is -1.35. The van der Waals surface area contributed by atoms with Gasteiger partial charge in [-0.15, -0.1) is 0 Å². The lowest BCUT2D eigenvalue weighted by atomic mass is 10.2. The van der Waals surface area contributed by atoms with Gasteiger partial charge in [0, 0.05) is 19.3 Å². The van der Waals surface area contributed by atoms with Crippen molar-refractivity contribution in [1.82, 2.24) is 10.2 Å². The third-order valence-electron chi connectivity index (χ3n) is 3.17. The molecule has 1 aliphatic rings. The number of benzene rings is 1. The van der Waals surface area contributed by atoms with E-state index in [9.17, 15) is 18.6 Å². The number of hydrogen-bond donors (Lipinski definition) is 1. The standard InChI is InChI=1S/C14H16N2O5S/c1-9(12(17)16-8-7-15-14(16)19)21-13(18)10-5-3-4-6-11(10)22(2)20/h3-6,9H,7-8H2,1-2H3,(H,15,19)/t9-,22-/m1/s1. The molecule has 2 atom stereocenters. The van der Waals surface area contributed by atoms with Crippen LogP contribution >= 0.6 is 0 Å². The Labute approximate surface area is 130 Å². The largest absolute Gasteiger partial charge is 0.449 e. The van der Waals surface area contributed by atoms with Crippen molar-refractivity contribution in [3.63, 3.8) is 0 Å². The minimum atomic E-state index is -1.35. The first-order valence-corrected chi connectivity index (χ1v) is 8.20. The lowest BCUT2D eigenvalue weighted by Gasteiger charge is -2.18. The lowest BCUT2D eigenvalue weighted by molar-refractivity contribution is -0.136. The monoisotopic (exact) mass is 324 g/mol. The highest BCUT2D eigenvalue weighted by molar-refractivity contribution is 7.84. The molecular formula is C14H16N2O5S. The van der Waals surface area contributed by atoms with Gasteiger partial charge in [-0.25, -0.2) is 9.59 Å². The highest BCUT2D eigenvalue weighted by Gasteiger charge is 2.32. The maximum atomic E-state index is 12.2. The second-order valence-electron chi connectivity index (χ2n) is 4.72. The molecular weight excluding hydrogens is 308 g/mol. The molecule has 8 heteroatoms.